The molecule has 5 nitrogen and oxygen atoms in total. The first-order valence-electron chi connectivity index (χ1n) is 9.33. The number of fused-ring (bicyclic) bond motifs is 1. The van der Waals surface area contributed by atoms with Gasteiger partial charge in [-0.1, -0.05) is 48.9 Å². The van der Waals surface area contributed by atoms with Crippen LogP contribution in [0.25, 0.3) is 0 Å². The highest BCUT2D eigenvalue weighted by Crippen LogP contribution is 2.36. The highest BCUT2D eigenvalue weighted by molar-refractivity contribution is 7.91. The van der Waals surface area contributed by atoms with Crippen molar-refractivity contribution in [2.45, 2.75) is 38.9 Å². The maximum absolute atomic E-state index is 13.2. The third-order valence-corrected chi connectivity index (χ3v) is 7.23. The number of rotatable bonds is 4. The van der Waals surface area contributed by atoms with E-state index in [1.54, 1.807) is 9.80 Å². The number of sulfone groups is 1. The number of benzene rings is 2. The zero-order valence-electron chi connectivity index (χ0n) is 15.6. The Morgan fingerprint density at radius 2 is 1.70 bits per heavy atom. The summed E-state index contributed by atoms with van der Waals surface area (Å²) in [6, 6.07) is 15.1. The molecule has 2 unspecified atom stereocenters. The van der Waals surface area contributed by atoms with E-state index in [4.69, 9.17) is 0 Å². The monoisotopic (exact) mass is 384 g/mol. The van der Waals surface area contributed by atoms with Gasteiger partial charge in [-0.05, 0) is 36.6 Å². The van der Waals surface area contributed by atoms with Crippen LogP contribution in [0.2, 0.25) is 0 Å². The van der Waals surface area contributed by atoms with E-state index in [1.807, 2.05) is 55.5 Å². The molecule has 27 heavy (non-hydrogen) atoms. The van der Waals surface area contributed by atoms with E-state index in [1.165, 1.54) is 5.56 Å². The molecule has 2 fully saturated rings. The molecule has 0 saturated carbocycles. The molecule has 0 aromatic heterocycles. The molecule has 2 amide bonds. The molecule has 0 radical (unpaired) electrons. The van der Waals surface area contributed by atoms with E-state index in [-0.39, 0.29) is 29.6 Å². The number of aryl methyl sites for hydroxylation is 2. The molecular formula is C21H24N2O3S. The fraction of sp³-hybridized carbons (Fsp3) is 0.381. The molecule has 0 bridgehead atoms. The molecular weight excluding hydrogens is 360 g/mol. The van der Waals surface area contributed by atoms with E-state index >= 15 is 0 Å². The van der Waals surface area contributed by atoms with Crippen molar-refractivity contribution in [2.24, 2.45) is 0 Å². The Bertz CT molecular complexity index is 969. The molecule has 2 aliphatic rings. The van der Waals surface area contributed by atoms with Gasteiger partial charge >= 0.3 is 6.03 Å². The van der Waals surface area contributed by atoms with Gasteiger partial charge in [0.05, 0.1) is 23.6 Å². The van der Waals surface area contributed by atoms with Crippen LogP contribution in [0.1, 0.15) is 23.6 Å². The molecule has 6 heteroatoms. The summed E-state index contributed by atoms with van der Waals surface area (Å²) < 4.78 is 24.6. The predicted molar refractivity (Wildman–Crippen MR) is 107 cm³/mol. The second-order valence-electron chi connectivity index (χ2n) is 7.50. The molecule has 2 aliphatic heterocycles. The van der Waals surface area contributed by atoms with Crippen molar-refractivity contribution in [1.82, 2.24) is 4.90 Å². The van der Waals surface area contributed by atoms with Gasteiger partial charge in [-0.3, -0.25) is 4.90 Å². The van der Waals surface area contributed by atoms with Crippen LogP contribution < -0.4 is 4.90 Å². The average molecular weight is 385 g/mol. The van der Waals surface area contributed by atoms with Crippen molar-refractivity contribution in [3.63, 3.8) is 0 Å². The van der Waals surface area contributed by atoms with Crippen LogP contribution in [0.5, 0.6) is 0 Å². The minimum Gasteiger partial charge on any atom is -0.314 e. The molecule has 0 aliphatic carbocycles. The number of amides is 2. The Morgan fingerprint density at radius 1 is 1.00 bits per heavy atom. The molecule has 2 saturated heterocycles. The van der Waals surface area contributed by atoms with E-state index in [9.17, 15) is 13.2 Å². The number of hydrogen-bond donors (Lipinski definition) is 0. The van der Waals surface area contributed by atoms with Gasteiger partial charge in [0, 0.05) is 12.2 Å². The van der Waals surface area contributed by atoms with Crippen molar-refractivity contribution < 1.29 is 13.2 Å². The van der Waals surface area contributed by atoms with Gasteiger partial charge in [0.1, 0.15) is 0 Å². The summed E-state index contributed by atoms with van der Waals surface area (Å²) in [4.78, 5) is 16.7. The topological polar surface area (TPSA) is 57.7 Å². The highest BCUT2D eigenvalue weighted by atomic mass is 32.2. The van der Waals surface area contributed by atoms with Crippen molar-refractivity contribution in [1.29, 1.82) is 0 Å². The Kier molecular flexibility index (Phi) is 4.46. The van der Waals surface area contributed by atoms with E-state index in [0.29, 0.717) is 6.54 Å². The summed E-state index contributed by atoms with van der Waals surface area (Å²) in [6.45, 7) is 4.53. The van der Waals surface area contributed by atoms with Crippen LogP contribution in [0.4, 0.5) is 10.5 Å². The predicted octanol–water partition coefficient (Wildman–Crippen LogP) is 3.17. The van der Waals surface area contributed by atoms with Crippen molar-refractivity contribution in [3.05, 3.63) is 65.2 Å². The minimum absolute atomic E-state index is 0.0310. The molecule has 2 aromatic carbocycles. The quantitative estimate of drug-likeness (QED) is 0.761. The van der Waals surface area contributed by atoms with Crippen LogP contribution in [-0.4, -0.2) is 42.9 Å². The van der Waals surface area contributed by atoms with Gasteiger partial charge in [-0.25, -0.2) is 13.2 Å². The van der Waals surface area contributed by atoms with Crippen LogP contribution in [0.3, 0.4) is 0 Å². The van der Waals surface area contributed by atoms with Gasteiger partial charge in [-0.15, -0.1) is 0 Å². The first-order valence-corrected chi connectivity index (χ1v) is 11.1. The lowest BCUT2D eigenvalue weighted by atomic mass is 10.1. The zero-order valence-corrected chi connectivity index (χ0v) is 16.4. The summed E-state index contributed by atoms with van der Waals surface area (Å²) in [7, 11) is -3.15. The smallest absolute Gasteiger partial charge is 0.314 e. The summed E-state index contributed by atoms with van der Waals surface area (Å²) in [5.74, 6) is 0.0714. The summed E-state index contributed by atoms with van der Waals surface area (Å²) in [6.07, 6.45) is 0.925. The third-order valence-electron chi connectivity index (χ3n) is 5.54. The van der Waals surface area contributed by atoms with Crippen LogP contribution >= 0.6 is 0 Å². The van der Waals surface area contributed by atoms with Crippen molar-refractivity contribution in [3.8, 4) is 0 Å². The lowest BCUT2D eigenvalue weighted by Crippen LogP contribution is -2.37. The largest absolute Gasteiger partial charge is 0.325 e. The van der Waals surface area contributed by atoms with Crippen LogP contribution in [-0.2, 0) is 22.8 Å². The summed E-state index contributed by atoms with van der Waals surface area (Å²) in [5, 5.41) is 0. The van der Waals surface area contributed by atoms with Gasteiger partial charge in [0.15, 0.2) is 9.84 Å². The lowest BCUT2D eigenvalue weighted by Gasteiger charge is -2.23. The average Bonchev–Trinajstić information content (AvgIpc) is 3.06. The first kappa shape index (κ1) is 18.0. The Hall–Kier alpha value is -2.34. The molecule has 142 valence electrons. The zero-order chi connectivity index (χ0) is 19.2. The molecule has 0 spiro atoms. The maximum atomic E-state index is 13.2. The van der Waals surface area contributed by atoms with Crippen LogP contribution in [0, 0.1) is 6.92 Å². The summed E-state index contributed by atoms with van der Waals surface area (Å²) >= 11 is 0. The van der Waals surface area contributed by atoms with Gasteiger partial charge in [-0.2, -0.15) is 0 Å². The number of anilines is 1. The second kappa shape index (κ2) is 6.68. The SMILES string of the molecule is CCc1ccc(N2C(=O)N(Cc3cccc(C)c3)C3CS(=O)(=O)CC32)cc1. The number of urea groups is 1. The van der Waals surface area contributed by atoms with Crippen LogP contribution in [0.15, 0.2) is 48.5 Å². The molecule has 2 aromatic rings. The standard InChI is InChI=1S/C21H24N2O3S/c1-3-16-7-9-18(10-8-16)23-20-14-27(25,26)13-19(20)22(21(23)24)12-17-6-4-5-15(2)11-17/h4-11,19-20H,3,12-14H2,1-2H3. The Morgan fingerprint density at radius 3 is 2.37 bits per heavy atom. The van der Waals surface area contributed by atoms with Gasteiger partial charge in [0.2, 0.25) is 0 Å². The van der Waals surface area contributed by atoms with Gasteiger partial charge < -0.3 is 4.90 Å². The fourth-order valence-electron chi connectivity index (χ4n) is 4.16. The van der Waals surface area contributed by atoms with Crippen molar-refractivity contribution in [2.75, 3.05) is 16.4 Å². The lowest BCUT2D eigenvalue weighted by molar-refractivity contribution is 0.206. The van der Waals surface area contributed by atoms with E-state index < -0.39 is 9.84 Å². The van der Waals surface area contributed by atoms with E-state index in [2.05, 4.69) is 6.92 Å². The Labute approximate surface area is 160 Å². The normalized spacial score (nSPS) is 23.7. The summed E-state index contributed by atoms with van der Waals surface area (Å²) in [5.41, 5.74) is 4.12. The Balaban J connectivity index is 1.69. The van der Waals surface area contributed by atoms with E-state index in [0.717, 1.165) is 23.2 Å². The molecule has 0 N–H and O–H groups in total. The number of carbonyl (C=O) groups excluding carboxylic acids is 1. The van der Waals surface area contributed by atoms with Gasteiger partial charge in [0.25, 0.3) is 0 Å². The second-order valence-corrected chi connectivity index (χ2v) is 9.65. The number of carbonyl (C=O) groups is 1. The molecule has 2 atom stereocenters. The minimum atomic E-state index is -3.15. The first-order chi connectivity index (χ1) is 12.9. The number of hydrogen-bond acceptors (Lipinski definition) is 3. The number of nitrogens with zero attached hydrogens (tertiary/aromatic N) is 2. The maximum Gasteiger partial charge on any atom is 0.325 e. The highest BCUT2D eigenvalue weighted by Gasteiger charge is 2.53. The fourth-order valence-corrected chi connectivity index (χ4v) is 6.11. The molecule has 2 heterocycles. The van der Waals surface area contributed by atoms with Crippen molar-refractivity contribution >= 4 is 21.6 Å². The third kappa shape index (κ3) is 3.34. The molecule has 4 rings (SSSR count).